The van der Waals surface area contributed by atoms with Crippen LogP contribution in [0, 0.1) is 0 Å². The van der Waals surface area contributed by atoms with Gasteiger partial charge in [0.2, 0.25) is 0 Å². The van der Waals surface area contributed by atoms with E-state index in [9.17, 15) is 0 Å². The SMILES string of the molecule is CNC(C)C(C)c1ccncc1. The van der Waals surface area contributed by atoms with E-state index in [2.05, 4.69) is 36.3 Å². The van der Waals surface area contributed by atoms with Crippen LogP contribution in [0.5, 0.6) is 0 Å². The van der Waals surface area contributed by atoms with Crippen LogP contribution in [0.1, 0.15) is 25.3 Å². The van der Waals surface area contributed by atoms with Crippen molar-refractivity contribution in [1.82, 2.24) is 10.3 Å². The summed E-state index contributed by atoms with van der Waals surface area (Å²) in [7, 11) is 1.99. The van der Waals surface area contributed by atoms with Gasteiger partial charge in [0, 0.05) is 18.4 Å². The zero-order valence-electron chi connectivity index (χ0n) is 7.91. The van der Waals surface area contributed by atoms with Crippen LogP contribution < -0.4 is 5.32 Å². The number of rotatable bonds is 3. The van der Waals surface area contributed by atoms with Gasteiger partial charge in [0.15, 0.2) is 0 Å². The quantitative estimate of drug-likeness (QED) is 0.736. The van der Waals surface area contributed by atoms with Crippen molar-refractivity contribution >= 4 is 0 Å². The van der Waals surface area contributed by atoms with Gasteiger partial charge in [-0.05, 0) is 37.6 Å². The molecular weight excluding hydrogens is 148 g/mol. The zero-order chi connectivity index (χ0) is 8.97. The summed E-state index contributed by atoms with van der Waals surface area (Å²) in [6, 6.07) is 4.64. The molecule has 0 aliphatic heterocycles. The Balaban J connectivity index is 2.71. The molecule has 0 amide bonds. The summed E-state index contributed by atoms with van der Waals surface area (Å²) in [6.45, 7) is 4.40. The molecule has 0 aromatic carbocycles. The molecule has 2 nitrogen and oxygen atoms in total. The molecule has 1 aromatic rings. The third-order valence-electron chi connectivity index (χ3n) is 2.44. The molecule has 0 bridgehead atoms. The Labute approximate surface area is 74.0 Å². The highest BCUT2D eigenvalue weighted by molar-refractivity contribution is 5.16. The minimum Gasteiger partial charge on any atom is -0.317 e. The topological polar surface area (TPSA) is 24.9 Å². The van der Waals surface area contributed by atoms with E-state index in [0.717, 1.165) is 0 Å². The van der Waals surface area contributed by atoms with Crippen molar-refractivity contribution in [3.05, 3.63) is 30.1 Å². The van der Waals surface area contributed by atoms with E-state index in [-0.39, 0.29) is 0 Å². The number of nitrogens with one attached hydrogen (secondary N) is 1. The minimum absolute atomic E-state index is 0.507. The number of hydrogen-bond acceptors (Lipinski definition) is 2. The van der Waals surface area contributed by atoms with Crippen LogP contribution in [-0.4, -0.2) is 18.1 Å². The van der Waals surface area contributed by atoms with Crippen LogP contribution in [0.3, 0.4) is 0 Å². The van der Waals surface area contributed by atoms with E-state index in [1.165, 1.54) is 5.56 Å². The molecule has 2 atom stereocenters. The minimum atomic E-state index is 0.507. The van der Waals surface area contributed by atoms with Crippen LogP contribution in [0.25, 0.3) is 0 Å². The molecule has 12 heavy (non-hydrogen) atoms. The molecule has 0 spiro atoms. The summed E-state index contributed by atoms with van der Waals surface area (Å²) < 4.78 is 0. The molecule has 1 rings (SSSR count). The molecule has 0 saturated heterocycles. The van der Waals surface area contributed by atoms with Crippen molar-refractivity contribution in [3.63, 3.8) is 0 Å². The molecule has 1 N–H and O–H groups in total. The van der Waals surface area contributed by atoms with Crippen LogP contribution in [0.2, 0.25) is 0 Å². The van der Waals surface area contributed by atoms with E-state index in [4.69, 9.17) is 0 Å². The molecule has 1 heterocycles. The zero-order valence-corrected chi connectivity index (χ0v) is 7.91. The Bertz CT molecular complexity index is 221. The molecule has 0 aliphatic carbocycles. The average Bonchev–Trinajstić information content (AvgIpc) is 2.17. The number of pyridine rings is 1. The number of hydrogen-bond donors (Lipinski definition) is 1. The maximum atomic E-state index is 3.99. The fourth-order valence-corrected chi connectivity index (χ4v) is 1.21. The predicted octanol–water partition coefficient (Wildman–Crippen LogP) is 1.79. The van der Waals surface area contributed by atoms with E-state index >= 15 is 0 Å². The first kappa shape index (κ1) is 9.20. The number of likely N-dealkylation sites (N-methyl/N-ethyl adjacent to an activating group) is 1. The highest BCUT2D eigenvalue weighted by Crippen LogP contribution is 2.17. The van der Waals surface area contributed by atoms with Gasteiger partial charge in [0.05, 0.1) is 0 Å². The number of aromatic nitrogens is 1. The Kier molecular flexibility index (Phi) is 3.23. The van der Waals surface area contributed by atoms with Crippen molar-refractivity contribution in [2.75, 3.05) is 7.05 Å². The lowest BCUT2D eigenvalue weighted by molar-refractivity contribution is 0.524. The van der Waals surface area contributed by atoms with Crippen LogP contribution in [0.15, 0.2) is 24.5 Å². The van der Waals surface area contributed by atoms with E-state index < -0.39 is 0 Å². The average molecular weight is 164 g/mol. The van der Waals surface area contributed by atoms with Gasteiger partial charge in [-0.15, -0.1) is 0 Å². The second-order valence-electron chi connectivity index (χ2n) is 3.15. The Morgan fingerprint density at radius 2 is 1.83 bits per heavy atom. The summed E-state index contributed by atoms with van der Waals surface area (Å²) in [4.78, 5) is 3.99. The van der Waals surface area contributed by atoms with E-state index in [1.54, 1.807) is 0 Å². The summed E-state index contributed by atoms with van der Waals surface area (Å²) >= 11 is 0. The molecular formula is C10H16N2. The summed E-state index contributed by atoms with van der Waals surface area (Å²) in [6.07, 6.45) is 3.68. The van der Waals surface area contributed by atoms with Gasteiger partial charge in [-0.3, -0.25) is 4.98 Å². The second-order valence-corrected chi connectivity index (χ2v) is 3.15. The fourth-order valence-electron chi connectivity index (χ4n) is 1.21. The van der Waals surface area contributed by atoms with E-state index in [0.29, 0.717) is 12.0 Å². The second kappa shape index (κ2) is 4.21. The van der Waals surface area contributed by atoms with E-state index in [1.807, 2.05) is 19.4 Å². The molecule has 0 fully saturated rings. The monoisotopic (exact) mass is 164 g/mol. The first-order valence-electron chi connectivity index (χ1n) is 4.33. The van der Waals surface area contributed by atoms with Crippen LogP contribution in [0.4, 0.5) is 0 Å². The molecule has 66 valence electrons. The normalized spacial score (nSPS) is 15.6. The van der Waals surface area contributed by atoms with Crippen LogP contribution in [-0.2, 0) is 0 Å². The van der Waals surface area contributed by atoms with Crippen LogP contribution >= 0.6 is 0 Å². The molecule has 0 radical (unpaired) electrons. The standard InChI is InChI=1S/C10H16N2/c1-8(9(2)11-3)10-4-6-12-7-5-10/h4-9,11H,1-3H3. The molecule has 2 heteroatoms. The largest absolute Gasteiger partial charge is 0.317 e. The van der Waals surface area contributed by atoms with Gasteiger partial charge in [0.1, 0.15) is 0 Å². The Morgan fingerprint density at radius 3 is 2.33 bits per heavy atom. The van der Waals surface area contributed by atoms with Gasteiger partial charge in [-0.25, -0.2) is 0 Å². The first-order valence-corrected chi connectivity index (χ1v) is 4.33. The van der Waals surface area contributed by atoms with Gasteiger partial charge in [0.25, 0.3) is 0 Å². The smallest absolute Gasteiger partial charge is 0.0270 e. The lowest BCUT2D eigenvalue weighted by atomic mass is 9.96. The van der Waals surface area contributed by atoms with Gasteiger partial charge >= 0.3 is 0 Å². The van der Waals surface area contributed by atoms with Crippen molar-refractivity contribution in [2.24, 2.45) is 0 Å². The predicted molar refractivity (Wildman–Crippen MR) is 51.2 cm³/mol. The molecule has 0 aliphatic rings. The highest BCUT2D eigenvalue weighted by atomic mass is 14.9. The first-order chi connectivity index (χ1) is 5.75. The molecule has 1 aromatic heterocycles. The highest BCUT2D eigenvalue weighted by Gasteiger charge is 2.11. The lowest BCUT2D eigenvalue weighted by Gasteiger charge is -2.19. The van der Waals surface area contributed by atoms with Gasteiger partial charge < -0.3 is 5.32 Å². The maximum absolute atomic E-state index is 3.99. The van der Waals surface area contributed by atoms with Crippen molar-refractivity contribution in [1.29, 1.82) is 0 Å². The van der Waals surface area contributed by atoms with Gasteiger partial charge in [-0.1, -0.05) is 6.92 Å². The number of nitrogens with zero attached hydrogens (tertiary/aromatic N) is 1. The molecule has 2 unspecified atom stereocenters. The third-order valence-corrected chi connectivity index (χ3v) is 2.44. The Hall–Kier alpha value is -0.890. The summed E-state index contributed by atoms with van der Waals surface area (Å²) in [5.74, 6) is 0.540. The third kappa shape index (κ3) is 2.05. The maximum Gasteiger partial charge on any atom is 0.0270 e. The molecule has 0 saturated carbocycles. The summed E-state index contributed by atoms with van der Waals surface area (Å²) in [5.41, 5.74) is 1.34. The fraction of sp³-hybridized carbons (Fsp3) is 0.500. The lowest BCUT2D eigenvalue weighted by Crippen LogP contribution is -2.27. The van der Waals surface area contributed by atoms with Crippen molar-refractivity contribution in [2.45, 2.75) is 25.8 Å². The Morgan fingerprint density at radius 1 is 1.25 bits per heavy atom. The summed E-state index contributed by atoms with van der Waals surface area (Å²) in [5, 5.41) is 3.24. The van der Waals surface area contributed by atoms with Crippen molar-refractivity contribution < 1.29 is 0 Å². The van der Waals surface area contributed by atoms with Crippen molar-refractivity contribution in [3.8, 4) is 0 Å². The van der Waals surface area contributed by atoms with Gasteiger partial charge in [-0.2, -0.15) is 0 Å².